The van der Waals surface area contributed by atoms with Gasteiger partial charge in [0.05, 0.1) is 22.1 Å². The molecule has 0 saturated heterocycles. The van der Waals surface area contributed by atoms with E-state index in [9.17, 15) is 9.18 Å². The van der Waals surface area contributed by atoms with Crippen molar-refractivity contribution in [1.82, 2.24) is 14.8 Å². The number of hydrogen-bond acceptors (Lipinski definition) is 4. The Balaban J connectivity index is 1.84. The molecular formula is C17H10FN3O3. The molecular weight excluding hydrogens is 313 g/mol. The first-order chi connectivity index (χ1) is 11.7. The maximum atomic E-state index is 13.5. The zero-order valence-corrected chi connectivity index (χ0v) is 12.2. The van der Waals surface area contributed by atoms with Gasteiger partial charge in [0, 0.05) is 17.6 Å². The molecule has 0 unspecified atom stereocenters. The lowest BCUT2D eigenvalue weighted by Gasteiger charge is -2.02. The van der Waals surface area contributed by atoms with Crippen molar-refractivity contribution in [3.8, 4) is 17.2 Å². The Labute approximate surface area is 134 Å². The van der Waals surface area contributed by atoms with Gasteiger partial charge in [0.15, 0.2) is 11.5 Å². The van der Waals surface area contributed by atoms with Crippen LogP contribution < -0.4 is 15.0 Å². The normalized spacial score (nSPS) is 13.0. The summed E-state index contributed by atoms with van der Waals surface area (Å²) in [6.07, 6.45) is 1.51. The number of nitrogens with zero attached hydrogens (tertiary/aromatic N) is 2. The second-order valence-electron chi connectivity index (χ2n) is 5.50. The summed E-state index contributed by atoms with van der Waals surface area (Å²) in [5, 5.41) is 4.20. The molecule has 1 aliphatic heterocycles. The van der Waals surface area contributed by atoms with Crippen molar-refractivity contribution < 1.29 is 13.9 Å². The predicted molar refractivity (Wildman–Crippen MR) is 85.3 cm³/mol. The quantitative estimate of drug-likeness (QED) is 0.585. The molecule has 2 aromatic heterocycles. The third-order valence-corrected chi connectivity index (χ3v) is 4.09. The number of ether oxygens (including phenoxy) is 2. The van der Waals surface area contributed by atoms with Crippen molar-refractivity contribution in [2.45, 2.75) is 0 Å². The number of aromatic amines is 1. The van der Waals surface area contributed by atoms with Crippen LogP contribution in [0.1, 0.15) is 0 Å². The van der Waals surface area contributed by atoms with Crippen LogP contribution in [0.15, 0.2) is 47.4 Å². The van der Waals surface area contributed by atoms with E-state index in [2.05, 4.69) is 10.1 Å². The van der Waals surface area contributed by atoms with Crippen LogP contribution in [0.4, 0.5) is 4.39 Å². The lowest BCUT2D eigenvalue weighted by Crippen LogP contribution is -2.14. The second kappa shape index (κ2) is 4.58. The van der Waals surface area contributed by atoms with Crippen LogP contribution in [-0.4, -0.2) is 21.6 Å². The van der Waals surface area contributed by atoms with E-state index in [0.29, 0.717) is 33.6 Å². The molecule has 0 aliphatic carbocycles. The Morgan fingerprint density at radius 3 is 2.79 bits per heavy atom. The highest BCUT2D eigenvalue weighted by molar-refractivity contribution is 6.04. The molecule has 1 aliphatic rings. The van der Waals surface area contributed by atoms with Crippen LogP contribution in [0, 0.1) is 5.82 Å². The van der Waals surface area contributed by atoms with Crippen molar-refractivity contribution in [3.63, 3.8) is 0 Å². The fourth-order valence-electron chi connectivity index (χ4n) is 2.94. The Hall–Kier alpha value is -3.35. The van der Waals surface area contributed by atoms with Crippen LogP contribution in [0.3, 0.4) is 0 Å². The van der Waals surface area contributed by atoms with Crippen LogP contribution in [0.2, 0.25) is 0 Å². The summed E-state index contributed by atoms with van der Waals surface area (Å²) in [7, 11) is 0. The molecule has 3 heterocycles. The maximum absolute atomic E-state index is 13.5. The fraction of sp³-hybridized carbons (Fsp3) is 0.0588. The summed E-state index contributed by atoms with van der Waals surface area (Å²) in [6, 6.07) is 9.39. The van der Waals surface area contributed by atoms with Crippen molar-refractivity contribution in [1.29, 1.82) is 0 Å². The third-order valence-electron chi connectivity index (χ3n) is 4.09. The first kappa shape index (κ1) is 13.1. The van der Waals surface area contributed by atoms with Crippen molar-refractivity contribution >= 4 is 21.8 Å². The van der Waals surface area contributed by atoms with Crippen LogP contribution in [0.5, 0.6) is 11.5 Å². The van der Waals surface area contributed by atoms with Gasteiger partial charge in [-0.1, -0.05) is 6.07 Å². The van der Waals surface area contributed by atoms with Gasteiger partial charge in [-0.25, -0.2) is 9.07 Å². The number of halogens is 1. The van der Waals surface area contributed by atoms with Gasteiger partial charge in [-0.3, -0.25) is 14.9 Å². The van der Waals surface area contributed by atoms with Crippen molar-refractivity contribution in [2.24, 2.45) is 0 Å². The van der Waals surface area contributed by atoms with Crippen molar-refractivity contribution in [2.75, 3.05) is 6.79 Å². The Morgan fingerprint density at radius 1 is 1.12 bits per heavy atom. The number of H-pyrrole nitrogens is 1. The Bertz CT molecular complexity index is 1180. The molecule has 2 aromatic carbocycles. The minimum absolute atomic E-state index is 0.162. The van der Waals surface area contributed by atoms with Gasteiger partial charge < -0.3 is 9.47 Å². The second-order valence-corrected chi connectivity index (χ2v) is 5.50. The molecule has 0 atom stereocenters. The number of hydrogen-bond donors (Lipinski definition) is 1. The summed E-state index contributed by atoms with van der Waals surface area (Å²) in [6.45, 7) is 0.162. The largest absolute Gasteiger partial charge is 0.454 e. The number of nitrogens with one attached hydrogen (secondary N) is 1. The van der Waals surface area contributed by atoms with E-state index in [4.69, 9.17) is 9.47 Å². The van der Waals surface area contributed by atoms with Gasteiger partial charge in [0.1, 0.15) is 5.82 Å². The highest BCUT2D eigenvalue weighted by atomic mass is 19.1. The van der Waals surface area contributed by atoms with Gasteiger partial charge in [-0.15, -0.1) is 0 Å². The molecule has 4 aromatic rings. The van der Waals surface area contributed by atoms with Gasteiger partial charge in [-0.05, 0) is 24.3 Å². The van der Waals surface area contributed by atoms with E-state index >= 15 is 0 Å². The lowest BCUT2D eigenvalue weighted by atomic mass is 10.1. The zero-order chi connectivity index (χ0) is 16.3. The average molecular weight is 323 g/mol. The number of fused-ring (bicyclic) bond motifs is 4. The van der Waals surface area contributed by atoms with Gasteiger partial charge in [0.2, 0.25) is 6.79 Å². The van der Waals surface area contributed by atoms with E-state index < -0.39 is 5.82 Å². The van der Waals surface area contributed by atoms with E-state index in [1.807, 2.05) is 0 Å². The smallest absolute Gasteiger partial charge is 0.280 e. The van der Waals surface area contributed by atoms with Gasteiger partial charge in [-0.2, -0.15) is 0 Å². The summed E-state index contributed by atoms with van der Waals surface area (Å²) in [5.74, 6) is 0.821. The lowest BCUT2D eigenvalue weighted by molar-refractivity contribution is 0.174. The first-order valence-corrected chi connectivity index (χ1v) is 7.30. The fourth-order valence-corrected chi connectivity index (χ4v) is 2.94. The SMILES string of the molecule is O=c1c2cnc3cc4c(cc3c2[nH]n1-c1cccc(F)c1)OCO4. The minimum Gasteiger partial charge on any atom is -0.454 e. The molecule has 0 fully saturated rings. The number of pyridine rings is 1. The van der Waals surface area contributed by atoms with Gasteiger partial charge in [0.25, 0.3) is 5.56 Å². The zero-order valence-electron chi connectivity index (χ0n) is 12.2. The molecule has 0 radical (unpaired) electrons. The molecule has 118 valence electrons. The van der Waals surface area contributed by atoms with Crippen LogP contribution in [0.25, 0.3) is 27.5 Å². The molecule has 0 amide bonds. The van der Waals surface area contributed by atoms with Crippen molar-refractivity contribution in [3.05, 3.63) is 58.8 Å². The summed E-state index contributed by atoms with van der Waals surface area (Å²) in [5.41, 5.74) is 1.43. The van der Waals surface area contributed by atoms with E-state index in [1.165, 1.54) is 23.0 Å². The maximum Gasteiger partial charge on any atom is 0.280 e. The Kier molecular flexibility index (Phi) is 2.50. The monoisotopic (exact) mass is 323 g/mol. The molecule has 7 heteroatoms. The van der Waals surface area contributed by atoms with E-state index in [0.717, 1.165) is 5.39 Å². The van der Waals surface area contributed by atoms with E-state index in [1.54, 1.807) is 24.3 Å². The number of rotatable bonds is 1. The average Bonchev–Trinajstić information content (AvgIpc) is 3.17. The molecule has 0 spiro atoms. The first-order valence-electron chi connectivity index (χ1n) is 7.30. The summed E-state index contributed by atoms with van der Waals surface area (Å²) < 4.78 is 25.5. The minimum atomic E-state index is -0.413. The highest BCUT2D eigenvalue weighted by Gasteiger charge is 2.18. The molecule has 0 bridgehead atoms. The van der Waals surface area contributed by atoms with Gasteiger partial charge >= 0.3 is 0 Å². The predicted octanol–water partition coefficient (Wildman–Crippen LogP) is 2.73. The molecule has 0 saturated carbocycles. The van der Waals surface area contributed by atoms with E-state index in [-0.39, 0.29) is 12.4 Å². The Morgan fingerprint density at radius 2 is 1.96 bits per heavy atom. The molecule has 1 N–H and O–H groups in total. The van der Waals surface area contributed by atoms with Crippen LogP contribution >= 0.6 is 0 Å². The third kappa shape index (κ3) is 1.75. The molecule has 6 nitrogen and oxygen atoms in total. The number of aromatic nitrogens is 3. The topological polar surface area (TPSA) is 69.1 Å². The highest BCUT2D eigenvalue weighted by Crippen LogP contribution is 2.37. The molecule has 24 heavy (non-hydrogen) atoms. The summed E-state index contributed by atoms with van der Waals surface area (Å²) >= 11 is 0. The van der Waals surface area contributed by atoms with Crippen LogP contribution in [-0.2, 0) is 0 Å². The number of benzene rings is 2. The molecule has 5 rings (SSSR count). The summed E-state index contributed by atoms with van der Waals surface area (Å²) in [4.78, 5) is 17.0. The standard InChI is InChI=1S/C17H10FN3O3/c18-9-2-1-3-10(4-9)21-17(22)12-7-19-13-6-15-14(23-8-24-15)5-11(13)16(12)20-21/h1-7,20H,8H2.